The fourth-order valence-corrected chi connectivity index (χ4v) is 3.41. The zero-order chi connectivity index (χ0) is 30.1. The predicted octanol–water partition coefficient (Wildman–Crippen LogP) is 5.56. The van der Waals surface area contributed by atoms with Crippen molar-refractivity contribution in [3.05, 3.63) is 29.5 Å². The van der Waals surface area contributed by atoms with Crippen molar-refractivity contribution in [2.45, 2.75) is 60.3 Å². The van der Waals surface area contributed by atoms with Gasteiger partial charge in [0.2, 0.25) is 5.91 Å². The van der Waals surface area contributed by atoms with Crippen LogP contribution in [0, 0.1) is 34.0 Å². The molecule has 0 saturated carbocycles. The highest BCUT2D eigenvalue weighted by molar-refractivity contribution is 6.17. The molecular weight excluding hydrogens is 514 g/mol. The molecule has 0 spiro atoms. The van der Waals surface area contributed by atoms with Gasteiger partial charge in [-0.1, -0.05) is 26.7 Å². The number of anilines is 2. The van der Waals surface area contributed by atoms with Gasteiger partial charge < -0.3 is 19.7 Å². The third-order valence-electron chi connectivity index (χ3n) is 5.48. The van der Waals surface area contributed by atoms with Crippen molar-refractivity contribution >= 4 is 40.9 Å². The van der Waals surface area contributed by atoms with E-state index in [-0.39, 0.29) is 24.6 Å². The minimum atomic E-state index is -1.23. The van der Waals surface area contributed by atoms with Gasteiger partial charge in [0.1, 0.15) is 23.9 Å². The van der Waals surface area contributed by atoms with Crippen molar-refractivity contribution in [3.63, 3.8) is 0 Å². The zero-order valence-corrected chi connectivity index (χ0v) is 23.6. The van der Waals surface area contributed by atoms with Gasteiger partial charge >= 0.3 is 12.2 Å². The molecule has 12 heteroatoms. The molecule has 0 heterocycles. The molecule has 0 aliphatic rings. The van der Waals surface area contributed by atoms with E-state index >= 15 is 0 Å². The summed E-state index contributed by atoms with van der Waals surface area (Å²) in [5.41, 5.74) is -0.924. The van der Waals surface area contributed by atoms with E-state index < -0.39 is 35.1 Å². The Morgan fingerprint density at radius 3 is 1.88 bits per heavy atom. The number of allylic oxidation sites excluding steroid dienone is 2. The number of rotatable bonds is 13. The summed E-state index contributed by atoms with van der Waals surface area (Å²) in [4.78, 5) is 44.7. The number of amides is 3. The molecule has 1 aromatic carbocycles. The highest BCUT2D eigenvalue weighted by Gasteiger charge is 2.35. The van der Waals surface area contributed by atoms with E-state index in [0.717, 1.165) is 5.69 Å². The molecule has 0 fully saturated rings. The largest absolute Gasteiger partial charge is 0.449 e. The molecule has 1 N–H and O–H groups in total. The summed E-state index contributed by atoms with van der Waals surface area (Å²) in [6.45, 7) is 10.3. The number of benzene rings is 1. The standard InChI is InChI=1S/C28H35N7O5/c1-6-10-14-39-27(37)35(28(38)40-15-11-7-2)26(21(17-29)18-30)25(19-31)33-23-13-12-22(34(8-3)9-4)16-24(23)32-20(5)36/h12-13,16H,6-11,14-15H2,1-5H3,(H,32,36)/b33-25+. The average Bonchev–Trinajstić information content (AvgIpc) is 2.93. The Kier molecular flexibility index (Phi) is 14.6. The monoisotopic (exact) mass is 549 g/mol. The molecule has 40 heavy (non-hydrogen) atoms. The molecule has 3 amide bonds. The summed E-state index contributed by atoms with van der Waals surface area (Å²) in [7, 11) is 0. The fraction of sp³-hybridized carbons (Fsp3) is 0.464. The Hall–Kier alpha value is -4.89. The number of carbonyl (C=O) groups is 3. The Balaban J connectivity index is 3.87. The molecular formula is C28H35N7O5. The van der Waals surface area contributed by atoms with Gasteiger partial charge in [-0.15, -0.1) is 0 Å². The molecule has 1 aromatic rings. The predicted molar refractivity (Wildman–Crippen MR) is 150 cm³/mol. The number of nitriles is 3. The van der Waals surface area contributed by atoms with Gasteiger partial charge in [-0.2, -0.15) is 20.7 Å². The van der Waals surface area contributed by atoms with Gasteiger partial charge in [0.15, 0.2) is 11.3 Å². The van der Waals surface area contributed by atoms with E-state index in [1.165, 1.54) is 13.0 Å². The van der Waals surface area contributed by atoms with Crippen LogP contribution in [0.5, 0.6) is 0 Å². The van der Waals surface area contributed by atoms with Gasteiger partial charge in [-0.05, 0) is 44.9 Å². The van der Waals surface area contributed by atoms with E-state index in [4.69, 9.17) is 9.47 Å². The molecule has 0 saturated heterocycles. The lowest BCUT2D eigenvalue weighted by atomic mass is 10.1. The molecule has 12 nitrogen and oxygen atoms in total. The molecule has 0 unspecified atom stereocenters. The maximum atomic E-state index is 13.1. The SMILES string of the molecule is CCCCOC(=O)N(C(=O)OCCCC)C(=C(C#N)C#N)/C(C#N)=N/c1ccc(N(CC)CC)cc1NC(C)=O. The summed E-state index contributed by atoms with van der Waals surface area (Å²) in [5, 5.41) is 32.1. The third-order valence-corrected chi connectivity index (χ3v) is 5.48. The second-order valence-electron chi connectivity index (χ2n) is 8.35. The quantitative estimate of drug-likeness (QED) is 0.188. The van der Waals surface area contributed by atoms with Gasteiger partial charge in [-0.3, -0.25) is 4.79 Å². The second-order valence-corrected chi connectivity index (χ2v) is 8.35. The van der Waals surface area contributed by atoms with Crippen LogP contribution in [-0.2, 0) is 14.3 Å². The number of nitrogens with zero attached hydrogens (tertiary/aromatic N) is 6. The average molecular weight is 550 g/mol. The minimum Gasteiger partial charge on any atom is -0.449 e. The van der Waals surface area contributed by atoms with Gasteiger partial charge in [0.25, 0.3) is 0 Å². The van der Waals surface area contributed by atoms with Crippen LogP contribution in [0.4, 0.5) is 26.7 Å². The first-order chi connectivity index (χ1) is 19.2. The smallest absolute Gasteiger partial charge is 0.424 e. The van der Waals surface area contributed by atoms with Crippen LogP contribution in [-0.4, -0.2) is 55.0 Å². The summed E-state index contributed by atoms with van der Waals surface area (Å²) < 4.78 is 10.4. The van der Waals surface area contributed by atoms with Crippen molar-refractivity contribution in [2.75, 3.05) is 36.5 Å². The topological polar surface area (TPSA) is 172 Å². The first-order valence-electron chi connectivity index (χ1n) is 13.1. The zero-order valence-electron chi connectivity index (χ0n) is 23.6. The van der Waals surface area contributed by atoms with Gasteiger partial charge in [0.05, 0.1) is 24.6 Å². The molecule has 0 bridgehead atoms. The first-order valence-corrected chi connectivity index (χ1v) is 13.1. The van der Waals surface area contributed by atoms with Crippen LogP contribution >= 0.6 is 0 Å². The van der Waals surface area contributed by atoms with E-state index in [1.807, 2.05) is 32.6 Å². The Labute approximate surface area is 235 Å². The molecule has 0 aromatic heterocycles. The molecule has 0 aliphatic carbocycles. The fourth-order valence-electron chi connectivity index (χ4n) is 3.41. The van der Waals surface area contributed by atoms with Crippen molar-refractivity contribution in [1.29, 1.82) is 15.8 Å². The molecule has 0 radical (unpaired) electrons. The molecule has 212 valence electrons. The summed E-state index contributed by atoms with van der Waals surface area (Å²) in [6.07, 6.45) is -0.0851. The lowest BCUT2D eigenvalue weighted by Gasteiger charge is -2.23. The Bertz CT molecular complexity index is 1210. The number of imide groups is 1. The van der Waals surface area contributed by atoms with Crippen LogP contribution in [0.15, 0.2) is 34.5 Å². The van der Waals surface area contributed by atoms with Crippen molar-refractivity contribution in [2.24, 2.45) is 4.99 Å². The molecule has 1 rings (SSSR count). The Morgan fingerprint density at radius 2 is 1.45 bits per heavy atom. The molecule has 0 atom stereocenters. The van der Waals surface area contributed by atoms with Crippen LogP contribution in [0.3, 0.4) is 0 Å². The van der Waals surface area contributed by atoms with Gasteiger partial charge in [0, 0.05) is 25.7 Å². The minimum absolute atomic E-state index is 0.0473. The summed E-state index contributed by atoms with van der Waals surface area (Å²) >= 11 is 0. The van der Waals surface area contributed by atoms with Crippen LogP contribution in [0.2, 0.25) is 0 Å². The number of hydrogen-bond acceptors (Lipinski definition) is 10. The van der Waals surface area contributed by atoms with Crippen LogP contribution in [0.1, 0.15) is 60.3 Å². The number of ether oxygens (including phenoxy) is 2. The Morgan fingerprint density at radius 1 is 0.900 bits per heavy atom. The van der Waals surface area contributed by atoms with E-state index in [9.17, 15) is 30.2 Å². The van der Waals surface area contributed by atoms with Crippen LogP contribution < -0.4 is 10.2 Å². The summed E-state index contributed by atoms with van der Waals surface area (Å²) in [6, 6.07) is 9.93. The number of aliphatic imine (C=N–C) groups is 1. The van der Waals surface area contributed by atoms with Crippen molar-refractivity contribution in [3.8, 4) is 18.2 Å². The van der Waals surface area contributed by atoms with Gasteiger partial charge in [-0.25, -0.2) is 14.6 Å². The first kappa shape index (κ1) is 33.1. The van der Waals surface area contributed by atoms with E-state index in [0.29, 0.717) is 43.7 Å². The second kappa shape index (κ2) is 17.6. The normalized spacial score (nSPS) is 10.3. The highest BCUT2D eigenvalue weighted by atomic mass is 16.6. The van der Waals surface area contributed by atoms with E-state index in [2.05, 4.69) is 10.3 Å². The van der Waals surface area contributed by atoms with Crippen molar-refractivity contribution < 1.29 is 23.9 Å². The van der Waals surface area contributed by atoms with Crippen LogP contribution in [0.25, 0.3) is 0 Å². The summed E-state index contributed by atoms with van der Waals surface area (Å²) in [5.74, 6) is -0.405. The lowest BCUT2D eigenvalue weighted by Crippen LogP contribution is -2.40. The maximum absolute atomic E-state index is 13.1. The maximum Gasteiger partial charge on any atom is 0.424 e. The number of unbranched alkanes of at least 4 members (excludes halogenated alkanes) is 2. The highest BCUT2D eigenvalue weighted by Crippen LogP contribution is 2.32. The number of hydrogen-bond donors (Lipinski definition) is 1. The third kappa shape index (κ3) is 9.45. The lowest BCUT2D eigenvalue weighted by molar-refractivity contribution is -0.114. The molecule has 0 aliphatic heterocycles. The van der Waals surface area contributed by atoms with E-state index in [1.54, 1.807) is 30.3 Å². The number of nitrogens with one attached hydrogen (secondary N) is 1. The van der Waals surface area contributed by atoms with Crippen molar-refractivity contribution in [1.82, 2.24) is 4.90 Å². The number of carbonyl (C=O) groups excluding carboxylic acids is 3.